The van der Waals surface area contributed by atoms with Crippen LogP contribution in [0.2, 0.25) is 0 Å². The molecule has 3 nitrogen and oxygen atoms in total. The van der Waals surface area contributed by atoms with Gasteiger partial charge in [-0.05, 0) is 18.9 Å². The van der Waals surface area contributed by atoms with Gasteiger partial charge in [0.05, 0.1) is 5.56 Å². The van der Waals surface area contributed by atoms with E-state index in [1.54, 1.807) is 6.92 Å². The fourth-order valence-electron chi connectivity index (χ4n) is 1.95. The highest BCUT2D eigenvalue weighted by atomic mass is 16.1. The molecule has 0 saturated carbocycles. The number of anilines is 1. The molecule has 0 saturated heterocycles. The summed E-state index contributed by atoms with van der Waals surface area (Å²) in [5.74, 6) is 1.47. The molecule has 2 aromatic rings. The number of H-pyrrole nitrogens is 1. The summed E-state index contributed by atoms with van der Waals surface area (Å²) in [5.41, 5.74) is 1.77. The number of hydrogen-bond acceptors (Lipinski definition) is 2. The normalized spacial score (nSPS) is 11.1. The molecule has 0 aliphatic rings. The minimum absolute atomic E-state index is 0.0914. The predicted molar refractivity (Wildman–Crippen MR) is 71.6 cm³/mol. The van der Waals surface area contributed by atoms with E-state index >= 15 is 0 Å². The van der Waals surface area contributed by atoms with Gasteiger partial charge in [-0.1, -0.05) is 32.0 Å². The summed E-state index contributed by atoms with van der Waals surface area (Å²) in [5, 5.41) is 4.30. The Labute approximate surface area is 101 Å². The summed E-state index contributed by atoms with van der Waals surface area (Å²) >= 11 is 0. The maximum atomic E-state index is 11.7. The second-order valence-electron chi connectivity index (χ2n) is 4.75. The van der Waals surface area contributed by atoms with Crippen LogP contribution in [0.25, 0.3) is 10.9 Å². The van der Waals surface area contributed by atoms with E-state index in [2.05, 4.69) is 24.1 Å². The van der Waals surface area contributed by atoms with Crippen molar-refractivity contribution < 1.29 is 4.79 Å². The number of Topliss-reactive ketones (excluding diaryl/α,β-unsaturated/α-hetero) is 1. The lowest BCUT2D eigenvalue weighted by molar-refractivity contribution is 0.102. The van der Waals surface area contributed by atoms with Gasteiger partial charge in [-0.25, -0.2) is 0 Å². The van der Waals surface area contributed by atoms with Gasteiger partial charge in [-0.3, -0.25) is 4.79 Å². The van der Waals surface area contributed by atoms with E-state index in [1.165, 1.54) is 0 Å². The number of aromatic nitrogens is 1. The van der Waals surface area contributed by atoms with E-state index in [0.717, 1.165) is 28.8 Å². The lowest BCUT2D eigenvalue weighted by Crippen LogP contribution is -2.10. The number of carbonyl (C=O) groups is 1. The standard InChI is InChI=1S/C14H18N2O/c1-9(2)8-15-14-13(10(3)17)11-6-4-5-7-12(11)16-14/h4-7,9,15-16H,8H2,1-3H3. The number of nitrogens with one attached hydrogen (secondary N) is 2. The zero-order valence-corrected chi connectivity index (χ0v) is 10.5. The third-order valence-electron chi connectivity index (χ3n) is 2.75. The summed E-state index contributed by atoms with van der Waals surface area (Å²) in [6.45, 7) is 6.75. The van der Waals surface area contributed by atoms with Crippen LogP contribution in [0.4, 0.5) is 5.82 Å². The molecule has 0 aliphatic carbocycles. The van der Waals surface area contributed by atoms with Crippen LogP contribution in [0, 0.1) is 5.92 Å². The monoisotopic (exact) mass is 230 g/mol. The van der Waals surface area contributed by atoms with Gasteiger partial charge >= 0.3 is 0 Å². The summed E-state index contributed by atoms with van der Waals surface area (Å²) < 4.78 is 0. The SMILES string of the molecule is CC(=O)c1c(NCC(C)C)[nH]c2ccccc12. The highest BCUT2D eigenvalue weighted by Crippen LogP contribution is 2.26. The quantitative estimate of drug-likeness (QED) is 0.790. The zero-order chi connectivity index (χ0) is 12.4. The van der Waals surface area contributed by atoms with Crippen molar-refractivity contribution in [2.75, 3.05) is 11.9 Å². The molecule has 0 fully saturated rings. The lowest BCUT2D eigenvalue weighted by atomic mass is 10.1. The van der Waals surface area contributed by atoms with E-state index in [4.69, 9.17) is 0 Å². The van der Waals surface area contributed by atoms with Crippen molar-refractivity contribution in [3.05, 3.63) is 29.8 Å². The van der Waals surface area contributed by atoms with E-state index < -0.39 is 0 Å². The van der Waals surface area contributed by atoms with Crippen LogP contribution >= 0.6 is 0 Å². The number of carbonyl (C=O) groups excluding carboxylic acids is 1. The van der Waals surface area contributed by atoms with Gasteiger partial charge in [0.1, 0.15) is 5.82 Å². The Kier molecular flexibility index (Phi) is 3.18. The molecule has 2 N–H and O–H groups in total. The molecule has 90 valence electrons. The minimum Gasteiger partial charge on any atom is -0.371 e. The molecule has 0 spiro atoms. The van der Waals surface area contributed by atoms with Gasteiger partial charge in [-0.15, -0.1) is 0 Å². The maximum absolute atomic E-state index is 11.7. The Morgan fingerprint density at radius 1 is 1.35 bits per heavy atom. The number of hydrogen-bond donors (Lipinski definition) is 2. The van der Waals surface area contributed by atoms with E-state index in [1.807, 2.05) is 24.3 Å². The zero-order valence-electron chi connectivity index (χ0n) is 10.5. The molecule has 0 amide bonds. The molecule has 1 aromatic heterocycles. The first-order valence-corrected chi connectivity index (χ1v) is 5.95. The molecule has 0 atom stereocenters. The van der Waals surface area contributed by atoms with Crippen LogP contribution in [0.15, 0.2) is 24.3 Å². The van der Waals surface area contributed by atoms with Crippen LogP contribution in [0.1, 0.15) is 31.1 Å². The second-order valence-corrected chi connectivity index (χ2v) is 4.75. The number of para-hydroxylation sites is 1. The van der Waals surface area contributed by atoms with E-state index in [-0.39, 0.29) is 5.78 Å². The first-order chi connectivity index (χ1) is 8.09. The van der Waals surface area contributed by atoms with Crippen molar-refractivity contribution in [3.8, 4) is 0 Å². The van der Waals surface area contributed by atoms with Crippen molar-refractivity contribution in [2.45, 2.75) is 20.8 Å². The topological polar surface area (TPSA) is 44.9 Å². The average molecular weight is 230 g/mol. The van der Waals surface area contributed by atoms with Crippen molar-refractivity contribution in [1.82, 2.24) is 4.98 Å². The van der Waals surface area contributed by atoms with Crippen LogP contribution in [0.3, 0.4) is 0 Å². The number of benzene rings is 1. The fraction of sp³-hybridized carbons (Fsp3) is 0.357. The largest absolute Gasteiger partial charge is 0.371 e. The maximum Gasteiger partial charge on any atom is 0.164 e. The van der Waals surface area contributed by atoms with Gasteiger partial charge in [0.25, 0.3) is 0 Å². The minimum atomic E-state index is 0.0914. The molecular weight excluding hydrogens is 212 g/mol. The van der Waals surface area contributed by atoms with Gasteiger partial charge in [0.15, 0.2) is 5.78 Å². The number of fused-ring (bicyclic) bond motifs is 1. The summed E-state index contributed by atoms with van der Waals surface area (Å²) in [6, 6.07) is 7.88. The highest BCUT2D eigenvalue weighted by molar-refractivity contribution is 6.11. The first kappa shape index (κ1) is 11.7. The summed E-state index contributed by atoms with van der Waals surface area (Å²) in [4.78, 5) is 15.0. The summed E-state index contributed by atoms with van der Waals surface area (Å²) in [7, 11) is 0. The summed E-state index contributed by atoms with van der Waals surface area (Å²) in [6.07, 6.45) is 0. The van der Waals surface area contributed by atoms with E-state index in [9.17, 15) is 4.79 Å². The molecule has 0 radical (unpaired) electrons. The van der Waals surface area contributed by atoms with E-state index in [0.29, 0.717) is 5.92 Å². The predicted octanol–water partition coefficient (Wildman–Crippen LogP) is 3.44. The first-order valence-electron chi connectivity index (χ1n) is 5.95. The Morgan fingerprint density at radius 2 is 2.06 bits per heavy atom. The molecule has 0 unspecified atom stereocenters. The molecule has 0 bridgehead atoms. The van der Waals surface area contributed by atoms with Crippen molar-refractivity contribution >= 4 is 22.5 Å². The van der Waals surface area contributed by atoms with Crippen LogP contribution < -0.4 is 5.32 Å². The van der Waals surface area contributed by atoms with Crippen LogP contribution in [0.5, 0.6) is 0 Å². The van der Waals surface area contributed by atoms with Gasteiger partial charge in [-0.2, -0.15) is 0 Å². The average Bonchev–Trinajstić information content (AvgIpc) is 2.64. The number of ketones is 1. The van der Waals surface area contributed by atoms with Crippen LogP contribution in [-0.2, 0) is 0 Å². The smallest absolute Gasteiger partial charge is 0.164 e. The molecule has 17 heavy (non-hydrogen) atoms. The van der Waals surface area contributed by atoms with Gasteiger partial charge in [0, 0.05) is 17.4 Å². The molecule has 1 aromatic carbocycles. The van der Waals surface area contributed by atoms with Crippen molar-refractivity contribution in [2.24, 2.45) is 5.92 Å². The van der Waals surface area contributed by atoms with Crippen molar-refractivity contribution in [3.63, 3.8) is 0 Å². The number of rotatable bonds is 4. The fourth-order valence-corrected chi connectivity index (χ4v) is 1.95. The van der Waals surface area contributed by atoms with Crippen LogP contribution in [-0.4, -0.2) is 17.3 Å². The number of aromatic amines is 1. The van der Waals surface area contributed by atoms with Gasteiger partial charge in [0.2, 0.25) is 0 Å². The lowest BCUT2D eigenvalue weighted by Gasteiger charge is -2.08. The molecule has 1 heterocycles. The highest BCUT2D eigenvalue weighted by Gasteiger charge is 2.14. The Hall–Kier alpha value is -1.77. The third kappa shape index (κ3) is 2.33. The molecule has 2 rings (SSSR count). The van der Waals surface area contributed by atoms with Gasteiger partial charge < -0.3 is 10.3 Å². The second kappa shape index (κ2) is 4.62. The Balaban J connectivity index is 2.46. The molecule has 0 aliphatic heterocycles. The Bertz CT molecular complexity index is 540. The third-order valence-corrected chi connectivity index (χ3v) is 2.75. The molecular formula is C14H18N2O. The Morgan fingerprint density at radius 3 is 2.71 bits per heavy atom. The van der Waals surface area contributed by atoms with Crippen molar-refractivity contribution in [1.29, 1.82) is 0 Å². The molecule has 3 heteroatoms.